The van der Waals surface area contributed by atoms with Crippen molar-refractivity contribution in [3.63, 3.8) is 0 Å². The van der Waals surface area contributed by atoms with Crippen LogP contribution in [0.1, 0.15) is 15.9 Å². The van der Waals surface area contributed by atoms with Crippen LogP contribution >= 0.6 is 0 Å². The molecule has 4 rings (SSSR count). The summed E-state index contributed by atoms with van der Waals surface area (Å²) in [5, 5.41) is 15.3. The third kappa shape index (κ3) is 3.94. The number of halogens is 3. The number of aliphatic carboxylic acids is 1. The summed E-state index contributed by atoms with van der Waals surface area (Å²) in [7, 11) is 0. The summed E-state index contributed by atoms with van der Waals surface area (Å²) in [6.07, 6.45) is -0.118. The van der Waals surface area contributed by atoms with Gasteiger partial charge in [0.15, 0.2) is 0 Å². The van der Waals surface area contributed by atoms with Crippen molar-refractivity contribution in [1.82, 2.24) is 5.32 Å². The highest BCUT2D eigenvalue weighted by Gasteiger charge is 2.26. The molecule has 0 radical (unpaired) electrons. The van der Waals surface area contributed by atoms with E-state index >= 15 is 0 Å². The Morgan fingerprint density at radius 3 is 1.87 bits per heavy atom. The second kappa shape index (κ2) is 8.10. The number of carbonyl (C=O) groups is 2. The van der Waals surface area contributed by atoms with Crippen molar-refractivity contribution in [3.05, 3.63) is 95.3 Å². The molecule has 0 saturated carbocycles. The van der Waals surface area contributed by atoms with Crippen molar-refractivity contribution in [2.24, 2.45) is 0 Å². The molecular formula is C24H16F3NO3. The van der Waals surface area contributed by atoms with Crippen LogP contribution in [0.4, 0.5) is 13.2 Å². The zero-order chi connectivity index (χ0) is 22.1. The largest absolute Gasteiger partial charge is 0.480 e. The van der Waals surface area contributed by atoms with Gasteiger partial charge in [-0.3, -0.25) is 4.79 Å². The Kier molecular flexibility index (Phi) is 5.33. The Balaban J connectivity index is 1.75. The molecule has 0 aliphatic heterocycles. The lowest BCUT2D eigenvalue weighted by molar-refractivity contribution is -0.139. The number of carboxylic acid groups (broad SMARTS) is 1. The fourth-order valence-electron chi connectivity index (χ4n) is 3.72. The van der Waals surface area contributed by atoms with Gasteiger partial charge in [-0.2, -0.15) is 0 Å². The third-order valence-corrected chi connectivity index (χ3v) is 5.13. The molecule has 7 heteroatoms. The molecular weight excluding hydrogens is 407 g/mol. The molecule has 0 spiro atoms. The summed E-state index contributed by atoms with van der Waals surface area (Å²) in [4.78, 5) is 24.4. The van der Waals surface area contributed by atoms with Gasteiger partial charge in [0.2, 0.25) is 0 Å². The van der Waals surface area contributed by atoms with E-state index in [0.717, 1.165) is 21.5 Å². The SMILES string of the molecule is O=C(N[C@H](Cc1c2ccccc2cc2ccccc12)C(=O)O)c1c(F)cc(F)cc1F. The lowest BCUT2D eigenvalue weighted by Crippen LogP contribution is -2.43. The molecule has 1 atom stereocenters. The van der Waals surface area contributed by atoms with Crippen LogP contribution in [0.5, 0.6) is 0 Å². The molecule has 0 heterocycles. The quantitative estimate of drug-likeness (QED) is 0.452. The highest BCUT2D eigenvalue weighted by Crippen LogP contribution is 2.29. The van der Waals surface area contributed by atoms with Crippen LogP contribution in [0.15, 0.2) is 66.7 Å². The van der Waals surface area contributed by atoms with Gasteiger partial charge < -0.3 is 10.4 Å². The normalized spacial score (nSPS) is 12.1. The summed E-state index contributed by atoms with van der Waals surface area (Å²) in [6.45, 7) is 0. The van der Waals surface area contributed by atoms with E-state index in [1.807, 2.05) is 54.6 Å². The van der Waals surface area contributed by atoms with Crippen molar-refractivity contribution in [2.75, 3.05) is 0 Å². The van der Waals surface area contributed by atoms with E-state index in [4.69, 9.17) is 0 Å². The number of rotatable bonds is 5. The minimum absolute atomic E-state index is 0.118. The molecule has 0 fully saturated rings. The monoisotopic (exact) mass is 423 g/mol. The summed E-state index contributed by atoms with van der Waals surface area (Å²) in [5.74, 6) is -6.63. The minimum Gasteiger partial charge on any atom is -0.480 e. The summed E-state index contributed by atoms with van der Waals surface area (Å²) < 4.78 is 41.1. The summed E-state index contributed by atoms with van der Waals surface area (Å²) in [5.41, 5.74) is -0.350. The average molecular weight is 423 g/mol. The number of benzene rings is 4. The predicted octanol–water partition coefficient (Wildman–Crippen LogP) is 4.84. The highest BCUT2D eigenvalue weighted by atomic mass is 19.1. The average Bonchev–Trinajstić information content (AvgIpc) is 2.72. The highest BCUT2D eigenvalue weighted by molar-refractivity contribution is 6.03. The topological polar surface area (TPSA) is 66.4 Å². The fraction of sp³-hybridized carbons (Fsp3) is 0.0833. The van der Waals surface area contributed by atoms with Gasteiger partial charge >= 0.3 is 5.97 Å². The lowest BCUT2D eigenvalue weighted by Gasteiger charge is -2.18. The molecule has 0 saturated heterocycles. The molecule has 31 heavy (non-hydrogen) atoms. The summed E-state index contributed by atoms with van der Waals surface area (Å²) in [6, 6.07) is 16.1. The van der Waals surface area contributed by atoms with Crippen LogP contribution < -0.4 is 5.32 Å². The van der Waals surface area contributed by atoms with Gasteiger partial charge in [0.25, 0.3) is 5.91 Å². The first-order valence-corrected chi connectivity index (χ1v) is 9.42. The number of hydrogen-bond donors (Lipinski definition) is 2. The molecule has 156 valence electrons. The standard InChI is InChI=1S/C24H16F3NO3/c25-15-10-19(26)22(20(27)11-15)23(29)28-21(24(30)31)12-18-16-7-3-1-5-13(16)9-14-6-2-4-8-17(14)18/h1-11,21H,12H2,(H,28,29)(H,30,31)/t21-/m1/s1. The fourth-order valence-corrected chi connectivity index (χ4v) is 3.72. The first kappa shape index (κ1) is 20.4. The Morgan fingerprint density at radius 2 is 1.35 bits per heavy atom. The maximum Gasteiger partial charge on any atom is 0.326 e. The molecule has 4 aromatic carbocycles. The van der Waals surface area contributed by atoms with Crippen molar-refractivity contribution in [1.29, 1.82) is 0 Å². The molecule has 0 unspecified atom stereocenters. The van der Waals surface area contributed by atoms with Crippen LogP contribution in [0.2, 0.25) is 0 Å². The second-order valence-corrected chi connectivity index (χ2v) is 7.11. The molecule has 4 nitrogen and oxygen atoms in total. The van der Waals surface area contributed by atoms with E-state index in [1.54, 1.807) is 0 Å². The van der Waals surface area contributed by atoms with E-state index < -0.39 is 40.9 Å². The molecule has 0 aromatic heterocycles. The number of hydrogen-bond acceptors (Lipinski definition) is 2. The Hall–Kier alpha value is -3.87. The van der Waals surface area contributed by atoms with Gasteiger partial charge in [-0.05, 0) is 33.2 Å². The molecule has 1 amide bonds. The van der Waals surface area contributed by atoms with Crippen molar-refractivity contribution < 1.29 is 27.9 Å². The van der Waals surface area contributed by atoms with E-state index in [9.17, 15) is 27.9 Å². The van der Waals surface area contributed by atoms with E-state index in [-0.39, 0.29) is 6.42 Å². The van der Waals surface area contributed by atoms with Gasteiger partial charge in [-0.1, -0.05) is 48.5 Å². The van der Waals surface area contributed by atoms with Crippen LogP contribution in [0.25, 0.3) is 21.5 Å². The smallest absolute Gasteiger partial charge is 0.326 e. The van der Waals surface area contributed by atoms with Gasteiger partial charge in [0.05, 0.1) is 0 Å². The maximum absolute atomic E-state index is 14.0. The van der Waals surface area contributed by atoms with Crippen LogP contribution in [-0.4, -0.2) is 23.0 Å². The van der Waals surface area contributed by atoms with Crippen molar-refractivity contribution in [3.8, 4) is 0 Å². The molecule has 0 aliphatic carbocycles. The molecule has 2 N–H and O–H groups in total. The summed E-state index contributed by atoms with van der Waals surface area (Å²) >= 11 is 0. The first-order chi connectivity index (χ1) is 14.8. The number of amides is 1. The number of fused-ring (bicyclic) bond motifs is 2. The van der Waals surface area contributed by atoms with Gasteiger partial charge in [0.1, 0.15) is 29.1 Å². The van der Waals surface area contributed by atoms with Gasteiger partial charge in [-0.15, -0.1) is 0 Å². The Labute approximate surface area is 174 Å². The lowest BCUT2D eigenvalue weighted by atomic mass is 9.92. The van der Waals surface area contributed by atoms with Crippen LogP contribution in [-0.2, 0) is 11.2 Å². The van der Waals surface area contributed by atoms with E-state index in [2.05, 4.69) is 5.32 Å². The molecule has 0 bridgehead atoms. The molecule has 4 aromatic rings. The Bertz CT molecular complexity index is 1260. The Morgan fingerprint density at radius 1 is 0.839 bits per heavy atom. The molecule has 0 aliphatic rings. The second-order valence-electron chi connectivity index (χ2n) is 7.11. The maximum atomic E-state index is 14.0. The zero-order valence-electron chi connectivity index (χ0n) is 16.0. The number of nitrogens with one attached hydrogen (secondary N) is 1. The van der Waals surface area contributed by atoms with E-state index in [0.29, 0.717) is 17.7 Å². The van der Waals surface area contributed by atoms with Gasteiger partial charge in [-0.25, -0.2) is 18.0 Å². The predicted molar refractivity (Wildman–Crippen MR) is 110 cm³/mol. The van der Waals surface area contributed by atoms with Gasteiger partial charge in [0, 0.05) is 18.6 Å². The van der Waals surface area contributed by atoms with E-state index in [1.165, 1.54) is 0 Å². The van der Waals surface area contributed by atoms with Crippen molar-refractivity contribution >= 4 is 33.4 Å². The zero-order valence-corrected chi connectivity index (χ0v) is 16.0. The third-order valence-electron chi connectivity index (χ3n) is 5.13. The first-order valence-electron chi connectivity index (χ1n) is 9.42. The van der Waals surface area contributed by atoms with Crippen molar-refractivity contribution in [2.45, 2.75) is 12.5 Å². The number of carboxylic acids is 1. The van der Waals surface area contributed by atoms with Crippen LogP contribution in [0.3, 0.4) is 0 Å². The minimum atomic E-state index is -1.47. The van der Waals surface area contributed by atoms with Crippen LogP contribution in [0, 0.1) is 17.5 Å². The number of carbonyl (C=O) groups excluding carboxylic acids is 1.